The fraction of sp³-hybridized carbons (Fsp3) is 0.235. The van der Waals surface area contributed by atoms with E-state index in [4.69, 9.17) is 5.11 Å². The SMILES string of the molecule is Cc1nc(Cn2c(=O)c(C(=O)NCC(=O)O)c(O)c3cccnc32)sc1C. The van der Waals surface area contributed by atoms with Crippen LogP contribution in [0.4, 0.5) is 0 Å². The quantitative estimate of drug-likeness (QED) is 0.594. The van der Waals surface area contributed by atoms with E-state index in [0.29, 0.717) is 5.01 Å². The minimum Gasteiger partial charge on any atom is -0.506 e. The summed E-state index contributed by atoms with van der Waals surface area (Å²) in [5.74, 6) is -2.76. The number of carbonyl (C=O) groups is 2. The second-order valence-electron chi connectivity index (χ2n) is 5.82. The summed E-state index contributed by atoms with van der Waals surface area (Å²) in [4.78, 5) is 45.5. The molecule has 27 heavy (non-hydrogen) atoms. The van der Waals surface area contributed by atoms with E-state index in [2.05, 4.69) is 15.3 Å². The van der Waals surface area contributed by atoms with E-state index in [1.807, 2.05) is 13.8 Å². The van der Waals surface area contributed by atoms with Crippen molar-refractivity contribution in [3.8, 4) is 5.75 Å². The highest BCUT2D eigenvalue weighted by molar-refractivity contribution is 7.11. The standard InChI is InChI=1S/C17H16N4O5S/c1-8-9(2)27-11(20-8)7-21-15-10(4-3-5-18-15)14(24)13(17(21)26)16(25)19-6-12(22)23/h3-5,24H,6-7H2,1-2H3,(H,19,25)(H,22,23). The van der Waals surface area contributed by atoms with Gasteiger partial charge < -0.3 is 15.5 Å². The lowest BCUT2D eigenvalue weighted by molar-refractivity contribution is -0.135. The molecule has 3 heterocycles. The van der Waals surface area contributed by atoms with Gasteiger partial charge in [-0.15, -0.1) is 11.3 Å². The van der Waals surface area contributed by atoms with Gasteiger partial charge in [0, 0.05) is 11.1 Å². The molecule has 0 unspecified atom stereocenters. The Morgan fingerprint density at radius 3 is 2.70 bits per heavy atom. The topological polar surface area (TPSA) is 134 Å². The van der Waals surface area contributed by atoms with Gasteiger partial charge in [-0.3, -0.25) is 19.0 Å². The van der Waals surface area contributed by atoms with Crippen LogP contribution in [0.25, 0.3) is 11.0 Å². The second kappa shape index (κ2) is 7.16. The number of aromatic hydroxyl groups is 1. The molecule has 0 saturated carbocycles. The Hall–Kier alpha value is -3.27. The van der Waals surface area contributed by atoms with Crippen LogP contribution in [0, 0.1) is 13.8 Å². The van der Waals surface area contributed by atoms with Gasteiger partial charge in [-0.25, -0.2) is 9.97 Å². The average Bonchev–Trinajstić information content (AvgIpc) is 2.94. The normalized spacial score (nSPS) is 10.9. The van der Waals surface area contributed by atoms with Crippen LogP contribution in [0.3, 0.4) is 0 Å². The lowest BCUT2D eigenvalue weighted by Gasteiger charge is -2.13. The predicted octanol–water partition coefficient (Wildman–Crippen LogP) is 1.04. The van der Waals surface area contributed by atoms with Crippen molar-refractivity contribution < 1.29 is 19.8 Å². The molecule has 0 fully saturated rings. The number of aliphatic carboxylic acids is 1. The van der Waals surface area contributed by atoms with Gasteiger partial charge in [0.05, 0.1) is 17.6 Å². The van der Waals surface area contributed by atoms with Gasteiger partial charge in [-0.2, -0.15) is 0 Å². The van der Waals surface area contributed by atoms with Crippen molar-refractivity contribution in [2.45, 2.75) is 20.4 Å². The summed E-state index contributed by atoms with van der Waals surface area (Å²) in [5, 5.41) is 22.1. The molecular formula is C17H16N4O5S. The van der Waals surface area contributed by atoms with Crippen molar-refractivity contribution in [1.29, 1.82) is 0 Å². The number of carboxylic acids is 1. The van der Waals surface area contributed by atoms with Gasteiger partial charge in [-0.05, 0) is 26.0 Å². The van der Waals surface area contributed by atoms with Gasteiger partial charge in [0.15, 0.2) is 0 Å². The first-order valence-corrected chi connectivity index (χ1v) is 8.74. The molecule has 0 aliphatic carbocycles. The molecular weight excluding hydrogens is 372 g/mol. The molecule has 3 N–H and O–H groups in total. The van der Waals surface area contributed by atoms with E-state index in [1.165, 1.54) is 28.2 Å². The summed E-state index contributed by atoms with van der Waals surface area (Å²) in [6.45, 7) is 3.17. The Balaban J connectivity index is 2.18. The largest absolute Gasteiger partial charge is 0.506 e. The summed E-state index contributed by atoms with van der Waals surface area (Å²) in [7, 11) is 0. The number of amides is 1. The molecule has 0 aromatic carbocycles. The summed E-state index contributed by atoms with van der Waals surface area (Å²) >= 11 is 1.42. The Bertz CT molecular complexity index is 1100. The molecule has 0 aliphatic rings. The maximum absolute atomic E-state index is 12.9. The van der Waals surface area contributed by atoms with Gasteiger partial charge >= 0.3 is 5.97 Å². The highest BCUT2D eigenvalue weighted by atomic mass is 32.1. The molecule has 0 spiro atoms. The van der Waals surface area contributed by atoms with E-state index >= 15 is 0 Å². The minimum atomic E-state index is -1.26. The summed E-state index contributed by atoms with van der Waals surface area (Å²) in [5.41, 5.74) is -0.243. The maximum atomic E-state index is 12.9. The van der Waals surface area contributed by atoms with E-state index in [1.54, 1.807) is 6.07 Å². The van der Waals surface area contributed by atoms with Crippen molar-refractivity contribution in [2.75, 3.05) is 6.54 Å². The predicted molar refractivity (Wildman–Crippen MR) is 98.3 cm³/mol. The number of carbonyl (C=O) groups excluding carboxylic acids is 1. The Labute approximate surface area is 156 Å². The number of fused-ring (bicyclic) bond motifs is 1. The van der Waals surface area contributed by atoms with Gasteiger partial charge in [-0.1, -0.05) is 0 Å². The number of thiazole rings is 1. The van der Waals surface area contributed by atoms with Crippen molar-refractivity contribution in [2.24, 2.45) is 0 Å². The van der Waals surface area contributed by atoms with Crippen LogP contribution in [-0.2, 0) is 11.3 Å². The molecule has 9 nitrogen and oxygen atoms in total. The van der Waals surface area contributed by atoms with Gasteiger partial charge in [0.25, 0.3) is 11.5 Å². The third kappa shape index (κ3) is 3.51. The molecule has 0 radical (unpaired) electrons. The van der Waals surface area contributed by atoms with Crippen molar-refractivity contribution >= 4 is 34.2 Å². The number of pyridine rings is 2. The molecule has 3 aromatic heterocycles. The Morgan fingerprint density at radius 2 is 2.07 bits per heavy atom. The van der Waals surface area contributed by atoms with E-state index in [-0.39, 0.29) is 17.6 Å². The number of nitrogens with one attached hydrogen (secondary N) is 1. The molecule has 0 bridgehead atoms. The minimum absolute atomic E-state index is 0.0746. The molecule has 0 saturated heterocycles. The van der Waals surface area contributed by atoms with Crippen molar-refractivity contribution in [3.63, 3.8) is 0 Å². The molecule has 0 aliphatic heterocycles. The highest BCUT2D eigenvalue weighted by Crippen LogP contribution is 2.26. The van der Waals surface area contributed by atoms with Crippen molar-refractivity contribution in [1.82, 2.24) is 19.9 Å². The fourth-order valence-corrected chi connectivity index (χ4v) is 3.52. The number of rotatable bonds is 5. The zero-order valence-electron chi connectivity index (χ0n) is 14.5. The third-order valence-corrected chi connectivity index (χ3v) is 5.04. The Morgan fingerprint density at radius 1 is 1.33 bits per heavy atom. The van der Waals surface area contributed by atoms with Crippen LogP contribution in [0.1, 0.15) is 25.9 Å². The van der Waals surface area contributed by atoms with Crippen LogP contribution in [-0.4, -0.2) is 43.2 Å². The summed E-state index contributed by atoms with van der Waals surface area (Å²) < 4.78 is 1.25. The lowest BCUT2D eigenvalue weighted by atomic mass is 10.1. The third-order valence-electron chi connectivity index (χ3n) is 3.99. The first kappa shape index (κ1) is 18.5. The zero-order valence-corrected chi connectivity index (χ0v) is 15.3. The van der Waals surface area contributed by atoms with Gasteiger partial charge in [0.1, 0.15) is 28.5 Å². The zero-order chi connectivity index (χ0) is 19.7. The molecule has 0 atom stereocenters. The fourth-order valence-electron chi connectivity index (χ4n) is 2.60. The number of aryl methyl sites for hydroxylation is 2. The van der Waals surface area contributed by atoms with Crippen LogP contribution in [0.15, 0.2) is 23.1 Å². The van der Waals surface area contributed by atoms with E-state index in [9.17, 15) is 19.5 Å². The second-order valence-corrected chi connectivity index (χ2v) is 7.10. The number of carboxylic acid groups (broad SMARTS) is 1. The number of aromatic nitrogens is 3. The first-order chi connectivity index (χ1) is 12.8. The number of hydrogen-bond donors (Lipinski definition) is 3. The van der Waals surface area contributed by atoms with Crippen LogP contribution in [0.5, 0.6) is 5.75 Å². The Kier molecular flexibility index (Phi) is 4.91. The van der Waals surface area contributed by atoms with Crippen molar-refractivity contribution in [3.05, 3.63) is 49.8 Å². The molecule has 1 amide bonds. The van der Waals surface area contributed by atoms with Crippen LogP contribution >= 0.6 is 11.3 Å². The maximum Gasteiger partial charge on any atom is 0.322 e. The monoisotopic (exact) mass is 388 g/mol. The molecule has 140 valence electrons. The highest BCUT2D eigenvalue weighted by Gasteiger charge is 2.23. The van der Waals surface area contributed by atoms with Crippen LogP contribution < -0.4 is 10.9 Å². The van der Waals surface area contributed by atoms with Gasteiger partial charge in [0.2, 0.25) is 0 Å². The molecule has 3 aromatic rings. The average molecular weight is 388 g/mol. The smallest absolute Gasteiger partial charge is 0.322 e. The number of hydrogen-bond acceptors (Lipinski definition) is 7. The van der Waals surface area contributed by atoms with E-state index < -0.39 is 35.3 Å². The first-order valence-electron chi connectivity index (χ1n) is 7.93. The summed E-state index contributed by atoms with van der Waals surface area (Å²) in [6, 6.07) is 3.09. The molecule has 3 rings (SSSR count). The number of nitrogens with zero attached hydrogens (tertiary/aromatic N) is 3. The summed E-state index contributed by atoms with van der Waals surface area (Å²) in [6.07, 6.45) is 1.47. The van der Waals surface area contributed by atoms with Crippen LogP contribution in [0.2, 0.25) is 0 Å². The lowest BCUT2D eigenvalue weighted by Crippen LogP contribution is -2.36. The molecule has 10 heteroatoms. The van der Waals surface area contributed by atoms with E-state index in [0.717, 1.165) is 10.6 Å².